The first-order valence-electron chi connectivity index (χ1n) is 12.4. The Morgan fingerprint density at radius 3 is 2.18 bits per heavy atom. The number of aliphatic hydroxyl groups is 1. The van der Waals surface area contributed by atoms with Gasteiger partial charge in [0.15, 0.2) is 0 Å². The van der Waals surface area contributed by atoms with Crippen LogP contribution in [0.15, 0.2) is 24.3 Å². The first kappa shape index (κ1) is 27.8. The number of ether oxygens (including phenoxy) is 2. The lowest BCUT2D eigenvalue weighted by molar-refractivity contribution is -0.140. The lowest BCUT2D eigenvalue weighted by Gasteiger charge is -2.29. The summed E-state index contributed by atoms with van der Waals surface area (Å²) in [5.74, 6) is 0.378. The van der Waals surface area contributed by atoms with E-state index in [0.717, 1.165) is 84.1 Å². The van der Waals surface area contributed by atoms with E-state index in [4.69, 9.17) is 9.47 Å². The summed E-state index contributed by atoms with van der Waals surface area (Å²) >= 11 is 0. The molecule has 0 radical (unpaired) electrons. The maximum absolute atomic E-state index is 13.7. The molecule has 0 heterocycles. The molecule has 2 aromatic carbocycles. The molecule has 2 unspecified atom stereocenters. The van der Waals surface area contributed by atoms with Crippen LogP contribution in [-0.2, 0) is 9.53 Å². The molecule has 0 amide bonds. The van der Waals surface area contributed by atoms with Crippen molar-refractivity contribution in [1.82, 2.24) is 0 Å². The van der Waals surface area contributed by atoms with Crippen LogP contribution in [0, 0.1) is 26.6 Å². The van der Waals surface area contributed by atoms with Crippen LogP contribution in [0.25, 0.3) is 0 Å². The van der Waals surface area contributed by atoms with Gasteiger partial charge in [0.2, 0.25) is 0 Å². The van der Waals surface area contributed by atoms with Crippen LogP contribution >= 0.6 is 0 Å². The van der Waals surface area contributed by atoms with Crippen LogP contribution in [0.4, 0.5) is 4.39 Å². The fraction of sp³-hybridized carbons (Fsp3) is 0.552. The van der Waals surface area contributed by atoms with Gasteiger partial charge in [-0.3, -0.25) is 4.79 Å². The fourth-order valence-corrected chi connectivity index (χ4v) is 4.96. The third kappa shape index (κ3) is 6.82. The minimum atomic E-state index is -0.530. The molecule has 0 fully saturated rings. The second-order valence-electron chi connectivity index (χ2n) is 9.17. The number of hydrogen-bond donors (Lipinski definition) is 1. The summed E-state index contributed by atoms with van der Waals surface area (Å²) in [6, 6.07) is 6.68. The molecular formula is C29H41FO4. The average Bonchev–Trinajstić information content (AvgIpc) is 2.83. The number of unbranched alkanes of at least 4 members (excludes halogenated alkanes) is 3. The highest BCUT2D eigenvalue weighted by molar-refractivity contribution is 5.69. The van der Waals surface area contributed by atoms with Crippen LogP contribution in [0.5, 0.6) is 5.75 Å². The highest BCUT2D eigenvalue weighted by Crippen LogP contribution is 2.44. The third-order valence-electron chi connectivity index (χ3n) is 6.95. The van der Waals surface area contributed by atoms with Gasteiger partial charge in [-0.25, -0.2) is 4.39 Å². The van der Waals surface area contributed by atoms with Crippen molar-refractivity contribution in [3.63, 3.8) is 0 Å². The summed E-state index contributed by atoms with van der Waals surface area (Å²) in [7, 11) is 3.10. The van der Waals surface area contributed by atoms with E-state index < -0.39 is 6.10 Å². The predicted octanol–water partition coefficient (Wildman–Crippen LogP) is 7.24. The van der Waals surface area contributed by atoms with Crippen molar-refractivity contribution in [2.45, 2.75) is 91.1 Å². The van der Waals surface area contributed by atoms with Crippen LogP contribution in [0.3, 0.4) is 0 Å². The van der Waals surface area contributed by atoms with Crippen molar-refractivity contribution in [2.75, 3.05) is 14.2 Å². The zero-order valence-corrected chi connectivity index (χ0v) is 21.7. The van der Waals surface area contributed by atoms with Gasteiger partial charge in [-0.1, -0.05) is 44.7 Å². The van der Waals surface area contributed by atoms with Crippen LogP contribution in [0.2, 0.25) is 0 Å². The van der Waals surface area contributed by atoms with Crippen LogP contribution < -0.4 is 4.74 Å². The topological polar surface area (TPSA) is 55.8 Å². The molecule has 188 valence electrons. The SMILES string of the molecule is CCCCC(O)c1c(C)c(C)c(OC)c(C(CCCCCC(=O)OC)c2ccc(F)cc2)c1C. The quantitative estimate of drug-likeness (QED) is 0.247. The monoisotopic (exact) mass is 472 g/mol. The minimum Gasteiger partial charge on any atom is -0.496 e. The number of halogens is 1. The van der Waals surface area contributed by atoms with Crippen LogP contribution in [-0.4, -0.2) is 25.3 Å². The number of rotatable bonds is 13. The molecule has 0 saturated heterocycles. The number of benzene rings is 2. The highest BCUT2D eigenvalue weighted by Gasteiger charge is 2.28. The normalized spacial score (nSPS) is 12.9. The molecule has 0 aliphatic heterocycles. The molecule has 4 nitrogen and oxygen atoms in total. The molecule has 1 N–H and O–H groups in total. The van der Waals surface area contributed by atoms with Gasteiger partial charge in [0.05, 0.1) is 20.3 Å². The lowest BCUT2D eigenvalue weighted by Crippen LogP contribution is -2.14. The summed E-state index contributed by atoms with van der Waals surface area (Å²) in [4.78, 5) is 11.5. The predicted molar refractivity (Wildman–Crippen MR) is 135 cm³/mol. The molecule has 0 aromatic heterocycles. The number of hydrogen-bond acceptors (Lipinski definition) is 4. The summed E-state index contributed by atoms with van der Waals surface area (Å²) < 4.78 is 24.4. The molecule has 0 spiro atoms. The number of aliphatic hydroxyl groups excluding tert-OH is 1. The maximum atomic E-state index is 13.7. The zero-order chi connectivity index (χ0) is 25.3. The molecule has 0 bridgehead atoms. The Morgan fingerprint density at radius 2 is 1.59 bits per heavy atom. The second kappa shape index (κ2) is 13.5. The Bertz CT molecular complexity index is 936. The van der Waals surface area contributed by atoms with Crippen molar-refractivity contribution in [2.24, 2.45) is 0 Å². The van der Waals surface area contributed by atoms with Crippen molar-refractivity contribution in [3.8, 4) is 5.75 Å². The zero-order valence-electron chi connectivity index (χ0n) is 21.7. The Hall–Kier alpha value is -2.40. The highest BCUT2D eigenvalue weighted by atomic mass is 19.1. The molecular weight excluding hydrogens is 431 g/mol. The molecule has 2 atom stereocenters. The van der Waals surface area contributed by atoms with E-state index in [1.807, 2.05) is 19.1 Å². The number of esters is 1. The molecule has 0 aliphatic rings. The van der Waals surface area contributed by atoms with Crippen molar-refractivity contribution in [1.29, 1.82) is 0 Å². The molecule has 2 aromatic rings. The van der Waals surface area contributed by atoms with Gasteiger partial charge in [0.25, 0.3) is 0 Å². The van der Waals surface area contributed by atoms with Gasteiger partial charge in [-0.15, -0.1) is 0 Å². The number of carbonyl (C=O) groups is 1. The summed E-state index contributed by atoms with van der Waals surface area (Å²) in [6.45, 7) is 8.30. The Labute approximate surface area is 204 Å². The second-order valence-corrected chi connectivity index (χ2v) is 9.17. The van der Waals surface area contributed by atoms with Gasteiger partial charge >= 0.3 is 5.97 Å². The standard InChI is InChI=1S/C29H41FO4/c1-7-8-13-25(31)27-19(2)20(3)29(34-6)28(21(27)4)24(22-15-17-23(30)18-16-22)12-10-9-11-14-26(32)33-5/h15-18,24-25,31H,7-14H2,1-6H3. The van der Waals surface area contributed by atoms with E-state index in [9.17, 15) is 14.3 Å². The third-order valence-corrected chi connectivity index (χ3v) is 6.95. The van der Waals surface area contributed by atoms with E-state index in [1.54, 1.807) is 7.11 Å². The van der Waals surface area contributed by atoms with E-state index >= 15 is 0 Å². The minimum absolute atomic E-state index is 0.00916. The Morgan fingerprint density at radius 1 is 0.912 bits per heavy atom. The van der Waals surface area contributed by atoms with E-state index in [1.165, 1.54) is 19.2 Å². The fourth-order valence-electron chi connectivity index (χ4n) is 4.96. The van der Waals surface area contributed by atoms with E-state index in [2.05, 4.69) is 20.8 Å². The molecule has 0 aliphatic carbocycles. The maximum Gasteiger partial charge on any atom is 0.305 e. The summed E-state index contributed by atoms with van der Waals surface area (Å²) in [5, 5.41) is 11.1. The van der Waals surface area contributed by atoms with Gasteiger partial charge in [0.1, 0.15) is 11.6 Å². The smallest absolute Gasteiger partial charge is 0.305 e. The van der Waals surface area contributed by atoms with Crippen molar-refractivity contribution < 1.29 is 23.8 Å². The van der Waals surface area contributed by atoms with Gasteiger partial charge in [-0.2, -0.15) is 0 Å². The number of methoxy groups -OCH3 is 2. The largest absolute Gasteiger partial charge is 0.496 e. The van der Waals surface area contributed by atoms with Gasteiger partial charge in [-0.05, 0) is 80.0 Å². The molecule has 0 saturated carbocycles. The lowest BCUT2D eigenvalue weighted by atomic mass is 9.78. The molecule has 34 heavy (non-hydrogen) atoms. The average molecular weight is 473 g/mol. The van der Waals surface area contributed by atoms with Crippen LogP contribution in [0.1, 0.15) is 104 Å². The number of carbonyl (C=O) groups excluding carboxylic acids is 1. The first-order chi connectivity index (χ1) is 16.3. The van der Waals surface area contributed by atoms with E-state index in [0.29, 0.717) is 6.42 Å². The van der Waals surface area contributed by atoms with E-state index in [-0.39, 0.29) is 17.7 Å². The summed E-state index contributed by atoms with van der Waals surface area (Å²) in [5.41, 5.74) is 6.22. The van der Waals surface area contributed by atoms with Crippen molar-refractivity contribution >= 4 is 5.97 Å². The first-order valence-corrected chi connectivity index (χ1v) is 12.4. The van der Waals surface area contributed by atoms with Gasteiger partial charge < -0.3 is 14.6 Å². The van der Waals surface area contributed by atoms with Crippen molar-refractivity contribution in [3.05, 3.63) is 63.5 Å². The van der Waals surface area contributed by atoms with Gasteiger partial charge in [0, 0.05) is 17.9 Å². The summed E-state index contributed by atoms with van der Waals surface area (Å²) in [6.07, 6.45) is 5.99. The Kier molecular flexibility index (Phi) is 11.0. The Balaban J connectivity index is 2.51. The molecule has 2 rings (SSSR count). The molecule has 5 heteroatoms.